The van der Waals surface area contributed by atoms with Crippen molar-refractivity contribution in [3.05, 3.63) is 28.6 Å². The van der Waals surface area contributed by atoms with E-state index < -0.39 is 0 Å². The van der Waals surface area contributed by atoms with E-state index in [4.69, 9.17) is 5.84 Å². The molecule has 0 saturated heterocycles. The lowest BCUT2D eigenvalue weighted by Crippen LogP contribution is -2.24. The van der Waals surface area contributed by atoms with Crippen molar-refractivity contribution in [2.24, 2.45) is 4.99 Å². The summed E-state index contributed by atoms with van der Waals surface area (Å²) in [7, 11) is 0. The lowest BCUT2D eigenvalue weighted by Gasteiger charge is -1.98. The van der Waals surface area contributed by atoms with Crippen molar-refractivity contribution in [2.45, 2.75) is 20.3 Å². The number of para-hydroxylation sites is 1. The summed E-state index contributed by atoms with van der Waals surface area (Å²) in [6.45, 7) is 3.77. The highest BCUT2D eigenvalue weighted by atomic mass is 32.1. The van der Waals surface area contributed by atoms with E-state index in [0.717, 1.165) is 15.8 Å². The minimum absolute atomic E-state index is 0.150. The van der Waals surface area contributed by atoms with Gasteiger partial charge in [0.2, 0.25) is 10.7 Å². The van der Waals surface area contributed by atoms with Crippen molar-refractivity contribution in [1.82, 2.24) is 4.68 Å². The molecule has 0 aliphatic carbocycles. The molecule has 0 atom stereocenters. The Balaban J connectivity index is 2.75. The van der Waals surface area contributed by atoms with Crippen LogP contribution in [-0.4, -0.2) is 10.6 Å². The molecule has 0 bridgehead atoms. The van der Waals surface area contributed by atoms with Crippen LogP contribution in [0.15, 0.2) is 23.2 Å². The lowest BCUT2D eigenvalue weighted by molar-refractivity contribution is -0.117. The smallest absolute Gasteiger partial charge is 0.248 e. The molecule has 0 radical (unpaired) electrons. The van der Waals surface area contributed by atoms with Gasteiger partial charge >= 0.3 is 0 Å². The van der Waals surface area contributed by atoms with E-state index in [2.05, 4.69) is 4.99 Å². The van der Waals surface area contributed by atoms with Crippen LogP contribution in [0.25, 0.3) is 10.2 Å². The van der Waals surface area contributed by atoms with Crippen LogP contribution in [0.1, 0.15) is 18.9 Å². The Hall–Kier alpha value is -1.62. The van der Waals surface area contributed by atoms with E-state index in [1.165, 1.54) is 16.0 Å². The van der Waals surface area contributed by atoms with Crippen LogP contribution in [0.2, 0.25) is 0 Å². The maximum absolute atomic E-state index is 11.3. The van der Waals surface area contributed by atoms with Crippen molar-refractivity contribution >= 4 is 27.5 Å². The first-order chi connectivity index (χ1) is 7.63. The number of nitrogens with two attached hydrogens (primary N) is 1. The highest BCUT2D eigenvalue weighted by Gasteiger charge is 2.06. The predicted octanol–water partition coefficient (Wildman–Crippen LogP) is 1.56. The van der Waals surface area contributed by atoms with Crippen LogP contribution in [0, 0.1) is 6.92 Å². The second-order valence-electron chi connectivity index (χ2n) is 3.54. The van der Waals surface area contributed by atoms with Gasteiger partial charge in [0.1, 0.15) is 0 Å². The number of carbonyl (C=O) groups excluding carboxylic acids is 1. The Morgan fingerprint density at radius 1 is 1.56 bits per heavy atom. The molecule has 1 aromatic heterocycles. The number of nitrogens with zero attached hydrogens (tertiary/aromatic N) is 2. The molecule has 5 heteroatoms. The van der Waals surface area contributed by atoms with Gasteiger partial charge < -0.3 is 5.84 Å². The molecule has 0 aliphatic rings. The standard InChI is InChI=1S/C11H13N3OS/c1-3-9(15)13-11-14(12)10-7(2)5-4-6-8(10)16-11/h4-6H,3,12H2,1-2H3. The molecule has 1 aromatic carbocycles. The number of nitrogen functional groups attached to an aromatic ring is 1. The lowest BCUT2D eigenvalue weighted by atomic mass is 10.2. The average molecular weight is 235 g/mol. The van der Waals surface area contributed by atoms with Crippen molar-refractivity contribution in [3.8, 4) is 0 Å². The first-order valence-corrected chi connectivity index (χ1v) is 5.89. The normalized spacial score (nSPS) is 12.2. The molecule has 1 amide bonds. The van der Waals surface area contributed by atoms with E-state index in [9.17, 15) is 4.79 Å². The Labute approximate surface area is 97.0 Å². The molecule has 84 valence electrons. The fraction of sp³-hybridized carbons (Fsp3) is 0.273. The van der Waals surface area contributed by atoms with E-state index in [0.29, 0.717) is 11.2 Å². The number of aryl methyl sites for hydroxylation is 1. The van der Waals surface area contributed by atoms with Crippen LogP contribution in [-0.2, 0) is 4.79 Å². The van der Waals surface area contributed by atoms with E-state index in [1.807, 2.05) is 25.1 Å². The fourth-order valence-electron chi connectivity index (χ4n) is 1.53. The number of thiazole rings is 1. The third-order valence-electron chi connectivity index (χ3n) is 2.37. The average Bonchev–Trinajstić information content (AvgIpc) is 2.57. The minimum Gasteiger partial charge on any atom is -0.337 e. The number of amides is 1. The zero-order chi connectivity index (χ0) is 11.7. The molecule has 0 aliphatic heterocycles. The summed E-state index contributed by atoms with van der Waals surface area (Å²) in [5, 5.41) is 0. The van der Waals surface area contributed by atoms with Gasteiger partial charge in [0.05, 0.1) is 10.2 Å². The maximum Gasteiger partial charge on any atom is 0.248 e. The maximum atomic E-state index is 11.3. The molecule has 2 N–H and O–H groups in total. The SMILES string of the molecule is CCC(=O)N=c1sc2cccc(C)c2n1N. The molecule has 0 fully saturated rings. The number of hydrogen-bond acceptors (Lipinski definition) is 3. The molecule has 2 aromatic rings. The van der Waals surface area contributed by atoms with Gasteiger partial charge in [-0.3, -0.25) is 4.79 Å². The van der Waals surface area contributed by atoms with E-state index in [1.54, 1.807) is 6.92 Å². The third kappa shape index (κ3) is 1.74. The van der Waals surface area contributed by atoms with Crippen molar-refractivity contribution in [3.63, 3.8) is 0 Å². The van der Waals surface area contributed by atoms with Gasteiger partial charge in [-0.1, -0.05) is 30.4 Å². The summed E-state index contributed by atoms with van der Waals surface area (Å²) in [6, 6.07) is 5.94. The Kier molecular flexibility index (Phi) is 2.78. The highest BCUT2D eigenvalue weighted by Crippen LogP contribution is 2.18. The van der Waals surface area contributed by atoms with Gasteiger partial charge in [0.15, 0.2) is 0 Å². The third-order valence-corrected chi connectivity index (χ3v) is 3.39. The second-order valence-corrected chi connectivity index (χ2v) is 4.54. The minimum atomic E-state index is -0.150. The monoisotopic (exact) mass is 235 g/mol. The molecule has 0 spiro atoms. The zero-order valence-corrected chi connectivity index (χ0v) is 10.0. The summed E-state index contributed by atoms with van der Waals surface area (Å²) in [5.41, 5.74) is 2.02. The molecular weight excluding hydrogens is 222 g/mol. The highest BCUT2D eigenvalue weighted by molar-refractivity contribution is 7.16. The Morgan fingerprint density at radius 3 is 2.94 bits per heavy atom. The summed E-state index contributed by atoms with van der Waals surface area (Å²) in [6.07, 6.45) is 0.396. The van der Waals surface area contributed by atoms with Gasteiger partial charge in [-0.2, -0.15) is 4.99 Å². The second kappa shape index (κ2) is 4.09. The number of carbonyl (C=O) groups is 1. The molecule has 4 nitrogen and oxygen atoms in total. The van der Waals surface area contributed by atoms with Crippen LogP contribution < -0.4 is 10.6 Å². The van der Waals surface area contributed by atoms with Crippen LogP contribution in [0.5, 0.6) is 0 Å². The van der Waals surface area contributed by atoms with Gasteiger partial charge in [0, 0.05) is 6.42 Å². The van der Waals surface area contributed by atoms with E-state index >= 15 is 0 Å². The fourth-order valence-corrected chi connectivity index (χ4v) is 2.57. The van der Waals surface area contributed by atoms with Crippen LogP contribution in [0.3, 0.4) is 0 Å². The summed E-state index contributed by atoms with van der Waals surface area (Å²) in [4.78, 5) is 15.8. The largest absolute Gasteiger partial charge is 0.337 e. The van der Waals surface area contributed by atoms with Crippen molar-refractivity contribution in [1.29, 1.82) is 0 Å². The topological polar surface area (TPSA) is 60.4 Å². The molecule has 0 unspecified atom stereocenters. The first kappa shape index (κ1) is 10.9. The van der Waals surface area contributed by atoms with Gasteiger partial charge in [0.25, 0.3) is 0 Å². The molecule has 2 rings (SSSR count). The number of benzene rings is 1. The summed E-state index contributed by atoms with van der Waals surface area (Å²) in [5.74, 6) is 5.77. The zero-order valence-electron chi connectivity index (χ0n) is 9.23. The molecule has 1 heterocycles. The van der Waals surface area contributed by atoms with Gasteiger partial charge in [-0.25, -0.2) is 4.68 Å². The van der Waals surface area contributed by atoms with Crippen molar-refractivity contribution < 1.29 is 4.79 Å². The van der Waals surface area contributed by atoms with Crippen molar-refractivity contribution in [2.75, 3.05) is 5.84 Å². The predicted molar refractivity (Wildman–Crippen MR) is 65.6 cm³/mol. The quantitative estimate of drug-likeness (QED) is 0.762. The first-order valence-electron chi connectivity index (χ1n) is 5.07. The number of rotatable bonds is 1. The number of fused-ring (bicyclic) bond motifs is 1. The van der Waals surface area contributed by atoms with Gasteiger partial charge in [-0.05, 0) is 18.6 Å². The van der Waals surface area contributed by atoms with Crippen LogP contribution in [0.4, 0.5) is 0 Å². The van der Waals surface area contributed by atoms with Crippen LogP contribution >= 0.6 is 11.3 Å². The molecular formula is C11H13N3OS. The number of hydrogen-bond donors (Lipinski definition) is 1. The summed E-state index contributed by atoms with van der Waals surface area (Å²) < 4.78 is 2.54. The number of aromatic nitrogens is 1. The van der Waals surface area contributed by atoms with Gasteiger partial charge in [-0.15, -0.1) is 0 Å². The molecule has 0 saturated carbocycles. The molecule has 16 heavy (non-hydrogen) atoms. The summed E-state index contributed by atoms with van der Waals surface area (Å²) >= 11 is 1.43. The Morgan fingerprint density at radius 2 is 2.31 bits per heavy atom. The Bertz CT molecular complexity index is 609. The van der Waals surface area contributed by atoms with E-state index in [-0.39, 0.29) is 5.91 Å².